The Balaban J connectivity index is 1.21. The number of aromatic nitrogens is 4. The molecule has 0 aliphatic carbocycles. The van der Waals surface area contributed by atoms with Gasteiger partial charge in [-0.3, -0.25) is 4.98 Å². The number of nitrogens with zero attached hydrogens (tertiary/aromatic N) is 5. The van der Waals surface area contributed by atoms with Crippen molar-refractivity contribution in [1.29, 1.82) is 0 Å². The van der Waals surface area contributed by atoms with Gasteiger partial charge in [-0.2, -0.15) is 5.10 Å². The normalized spacial score (nSPS) is 15.5. The topological polar surface area (TPSA) is 92.8 Å². The maximum absolute atomic E-state index is 12.4. The van der Waals surface area contributed by atoms with Gasteiger partial charge in [0.05, 0.1) is 17.3 Å². The molecule has 0 bridgehead atoms. The van der Waals surface area contributed by atoms with Crippen molar-refractivity contribution in [2.45, 2.75) is 44.8 Å². The zero-order chi connectivity index (χ0) is 27.2. The summed E-state index contributed by atoms with van der Waals surface area (Å²) in [5.74, 6) is 0. The zero-order valence-electron chi connectivity index (χ0n) is 22.3. The molecule has 0 atom stereocenters. The number of pyridine rings is 1. The molecular formula is C31H31N5O3. The molecule has 1 aliphatic heterocycles. The molecule has 3 aromatic heterocycles. The fourth-order valence-electron chi connectivity index (χ4n) is 5.19. The number of ether oxygens (including phenoxy) is 1. The molecule has 6 rings (SSSR count). The van der Waals surface area contributed by atoms with E-state index in [0.717, 1.165) is 44.4 Å². The number of amides is 1. The lowest BCUT2D eigenvalue weighted by Crippen LogP contribution is -2.46. The average Bonchev–Trinajstić information content (AvgIpc) is 3.35. The van der Waals surface area contributed by atoms with Crippen LogP contribution in [0, 0.1) is 0 Å². The highest BCUT2D eigenvalue weighted by atomic mass is 16.6. The summed E-state index contributed by atoms with van der Waals surface area (Å²) in [5.41, 5.74) is 4.94. The molecule has 0 spiro atoms. The van der Waals surface area contributed by atoms with Crippen LogP contribution < -0.4 is 0 Å². The van der Waals surface area contributed by atoms with E-state index in [0.29, 0.717) is 25.9 Å². The summed E-state index contributed by atoms with van der Waals surface area (Å²) >= 11 is 0. The Morgan fingerprint density at radius 2 is 1.67 bits per heavy atom. The second-order valence-electron chi connectivity index (χ2n) is 11.1. The molecule has 39 heavy (non-hydrogen) atoms. The van der Waals surface area contributed by atoms with Gasteiger partial charge in [-0.05, 0) is 62.4 Å². The maximum atomic E-state index is 12.4. The van der Waals surface area contributed by atoms with E-state index in [1.54, 1.807) is 9.42 Å². The molecule has 8 heteroatoms. The third-order valence-corrected chi connectivity index (χ3v) is 7.29. The Morgan fingerprint density at radius 1 is 0.923 bits per heavy atom. The third kappa shape index (κ3) is 4.83. The van der Waals surface area contributed by atoms with Crippen molar-refractivity contribution >= 4 is 22.6 Å². The zero-order valence-corrected chi connectivity index (χ0v) is 22.3. The molecule has 1 saturated heterocycles. The van der Waals surface area contributed by atoms with Crippen molar-refractivity contribution in [3.8, 4) is 22.3 Å². The first-order valence-corrected chi connectivity index (χ1v) is 13.2. The van der Waals surface area contributed by atoms with Crippen LogP contribution in [0.3, 0.4) is 0 Å². The molecule has 0 radical (unpaired) electrons. The maximum Gasteiger partial charge on any atom is 0.410 e. The first kappa shape index (κ1) is 25.0. The molecule has 1 fully saturated rings. The van der Waals surface area contributed by atoms with Gasteiger partial charge in [0.1, 0.15) is 5.60 Å². The quantitative estimate of drug-likeness (QED) is 0.321. The monoisotopic (exact) mass is 521 g/mol. The first-order chi connectivity index (χ1) is 18.7. The molecular weight excluding hydrogens is 490 g/mol. The Morgan fingerprint density at radius 3 is 2.41 bits per heavy atom. The summed E-state index contributed by atoms with van der Waals surface area (Å²) in [7, 11) is 0. The van der Waals surface area contributed by atoms with E-state index in [2.05, 4.69) is 16.1 Å². The third-order valence-electron chi connectivity index (χ3n) is 7.29. The van der Waals surface area contributed by atoms with Gasteiger partial charge in [0.25, 0.3) is 0 Å². The number of para-hydroxylation sites is 1. The van der Waals surface area contributed by atoms with Gasteiger partial charge >= 0.3 is 6.09 Å². The Hall–Kier alpha value is -4.30. The number of carbonyl (C=O) groups excluding carboxylic acids is 1. The molecule has 0 saturated carbocycles. The number of piperidine rings is 1. The van der Waals surface area contributed by atoms with E-state index in [4.69, 9.17) is 9.72 Å². The van der Waals surface area contributed by atoms with Crippen molar-refractivity contribution in [3.05, 3.63) is 84.9 Å². The van der Waals surface area contributed by atoms with Gasteiger partial charge in [-0.25, -0.2) is 14.3 Å². The summed E-state index contributed by atoms with van der Waals surface area (Å²) in [6, 6.07) is 18.0. The number of aliphatic hydroxyl groups is 1. The summed E-state index contributed by atoms with van der Waals surface area (Å²) in [4.78, 5) is 23.3. The minimum Gasteiger partial charge on any atom is -0.444 e. The number of benzene rings is 2. The lowest BCUT2D eigenvalue weighted by Gasteiger charge is -2.39. The second kappa shape index (κ2) is 9.47. The van der Waals surface area contributed by atoms with Crippen LogP contribution in [0.2, 0.25) is 0 Å². The smallest absolute Gasteiger partial charge is 0.410 e. The van der Waals surface area contributed by atoms with E-state index in [1.807, 2.05) is 94.1 Å². The lowest BCUT2D eigenvalue weighted by atomic mass is 9.84. The predicted molar refractivity (Wildman–Crippen MR) is 150 cm³/mol. The van der Waals surface area contributed by atoms with E-state index in [-0.39, 0.29) is 6.09 Å². The number of carbonyl (C=O) groups is 1. The van der Waals surface area contributed by atoms with Crippen LogP contribution in [0.25, 0.3) is 38.8 Å². The first-order valence-electron chi connectivity index (χ1n) is 13.2. The van der Waals surface area contributed by atoms with Gasteiger partial charge in [0.2, 0.25) is 0 Å². The van der Waals surface area contributed by atoms with Crippen molar-refractivity contribution in [1.82, 2.24) is 24.5 Å². The van der Waals surface area contributed by atoms with E-state index >= 15 is 0 Å². The van der Waals surface area contributed by atoms with Gasteiger partial charge in [0, 0.05) is 48.2 Å². The molecule has 4 heterocycles. The van der Waals surface area contributed by atoms with E-state index < -0.39 is 11.2 Å². The Kier molecular flexibility index (Phi) is 6.07. The number of rotatable bonds is 3. The van der Waals surface area contributed by atoms with E-state index in [9.17, 15) is 9.90 Å². The Bertz CT molecular complexity index is 1660. The summed E-state index contributed by atoms with van der Waals surface area (Å²) < 4.78 is 7.28. The van der Waals surface area contributed by atoms with Crippen molar-refractivity contribution < 1.29 is 14.6 Å². The van der Waals surface area contributed by atoms with Gasteiger partial charge in [-0.1, -0.05) is 42.5 Å². The number of likely N-dealkylation sites (tertiary alicyclic amines) is 1. The van der Waals surface area contributed by atoms with Crippen LogP contribution in [0.4, 0.5) is 4.79 Å². The van der Waals surface area contributed by atoms with Crippen LogP contribution in [0.5, 0.6) is 0 Å². The lowest BCUT2D eigenvalue weighted by molar-refractivity contribution is -0.0356. The molecule has 5 aromatic rings. The van der Waals surface area contributed by atoms with Gasteiger partial charge in [-0.15, -0.1) is 0 Å². The van der Waals surface area contributed by atoms with Crippen molar-refractivity contribution in [3.63, 3.8) is 0 Å². The summed E-state index contributed by atoms with van der Waals surface area (Å²) in [6.07, 6.45) is 8.06. The Labute approximate surface area is 226 Å². The molecule has 198 valence electrons. The number of hydrogen-bond acceptors (Lipinski definition) is 6. The molecule has 0 unspecified atom stereocenters. The largest absolute Gasteiger partial charge is 0.444 e. The molecule has 8 nitrogen and oxygen atoms in total. The fourth-order valence-corrected chi connectivity index (χ4v) is 5.19. The van der Waals surface area contributed by atoms with Gasteiger partial charge in [0.15, 0.2) is 5.65 Å². The summed E-state index contributed by atoms with van der Waals surface area (Å²) in [6.45, 7) is 6.46. The van der Waals surface area contributed by atoms with Crippen LogP contribution in [-0.2, 0) is 10.3 Å². The number of fused-ring (bicyclic) bond motifs is 2. The molecule has 2 aromatic carbocycles. The highest BCUT2D eigenvalue weighted by Gasteiger charge is 2.36. The minimum absolute atomic E-state index is 0.332. The van der Waals surface area contributed by atoms with Crippen molar-refractivity contribution in [2.24, 2.45) is 0 Å². The standard InChI is InChI=1S/C31H31N5O3/c1-30(2,3)39-29(37)35-16-13-31(38,14-17-35)23-10-8-21(9-11-23)22-18-33-28-26(19-34-36(28)20-22)24-12-15-32-27-7-5-4-6-25(24)27/h4-12,15,18-20,38H,13-14,16-17H2,1-3H3. The van der Waals surface area contributed by atoms with Crippen molar-refractivity contribution in [2.75, 3.05) is 13.1 Å². The van der Waals surface area contributed by atoms with Crippen LogP contribution in [0.15, 0.2) is 79.4 Å². The van der Waals surface area contributed by atoms with Gasteiger partial charge < -0.3 is 14.7 Å². The minimum atomic E-state index is -0.983. The SMILES string of the molecule is CC(C)(C)OC(=O)N1CCC(O)(c2ccc(-c3cnc4c(-c5ccnc6ccccc56)cnn4c3)cc2)CC1. The number of hydrogen-bond donors (Lipinski definition) is 1. The average molecular weight is 522 g/mol. The highest BCUT2D eigenvalue weighted by Crippen LogP contribution is 2.35. The van der Waals surface area contributed by atoms with Crippen LogP contribution in [-0.4, -0.2) is 54.4 Å². The highest BCUT2D eigenvalue weighted by molar-refractivity contribution is 5.97. The predicted octanol–water partition coefficient (Wildman–Crippen LogP) is 5.83. The fraction of sp³-hybridized carbons (Fsp3) is 0.290. The van der Waals surface area contributed by atoms with E-state index in [1.165, 1.54) is 0 Å². The summed E-state index contributed by atoms with van der Waals surface area (Å²) in [5, 5.41) is 17.0. The molecule has 1 N–H and O–H groups in total. The second-order valence-corrected chi connectivity index (χ2v) is 11.1. The van der Waals surface area contributed by atoms with Crippen LogP contribution >= 0.6 is 0 Å². The van der Waals surface area contributed by atoms with Crippen LogP contribution in [0.1, 0.15) is 39.2 Å². The molecule has 1 aliphatic rings. The molecule has 1 amide bonds.